The molecule has 1 amide bonds. The first-order chi connectivity index (χ1) is 12.1. The van der Waals surface area contributed by atoms with Crippen LogP contribution in [0.5, 0.6) is 0 Å². The average molecular weight is 339 g/mol. The third-order valence-electron chi connectivity index (χ3n) is 4.49. The van der Waals surface area contributed by atoms with Gasteiger partial charge in [-0.15, -0.1) is 0 Å². The molecule has 0 aromatic heterocycles. The summed E-state index contributed by atoms with van der Waals surface area (Å²) >= 11 is 0. The van der Waals surface area contributed by atoms with Gasteiger partial charge in [-0.2, -0.15) is 0 Å². The lowest BCUT2D eigenvalue weighted by atomic mass is 10.1. The van der Waals surface area contributed by atoms with Crippen LogP contribution in [0.3, 0.4) is 0 Å². The maximum atomic E-state index is 12.2. The van der Waals surface area contributed by atoms with Crippen molar-refractivity contribution in [1.29, 1.82) is 0 Å². The maximum Gasteiger partial charge on any atom is 0.292 e. The van der Waals surface area contributed by atoms with Crippen LogP contribution in [0.1, 0.15) is 12.0 Å². The number of nitrogens with one attached hydrogen (secondary N) is 1. The first kappa shape index (κ1) is 17.0. The number of benzene rings is 2. The van der Waals surface area contributed by atoms with Crippen LogP contribution in [-0.4, -0.2) is 35.4 Å². The number of carbonyl (C=O) groups is 1. The fourth-order valence-corrected chi connectivity index (χ4v) is 3.15. The monoisotopic (exact) mass is 339 g/mol. The van der Waals surface area contributed by atoms with Crippen molar-refractivity contribution in [2.75, 3.05) is 25.0 Å². The third-order valence-corrected chi connectivity index (χ3v) is 4.49. The van der Waals surface area contributed by atoms with Crippen molar-refractivity contribution < 1.29 is 9.72 Å². The molecule has 25 heavy (non-hydrogen) atoms. The summed E-state index contributed by atoms with van der Waals surface area (Å²) in [4.78, 5) is 24.7. The smallest absolute Gasteiger partial charge is 0.292 e. The Morgan fingerprint density at radius 1 is 1.12 bits per heavy atom. The molecular formula is C19H21N3O3. The van der Waals surface area contributed by atoms with Gasteiger partial charge in [0.2, 0.25) is 5.91 Å². The molecule has 0 bridgehead atoms. The summed E-state index contributed by atoms with van der Waals surface area (Å²) in [5.41, 5.74) is 1.78. The van der Waals surface area contributed by atoms with E-state index in [1.54, 1.807) is 18.2 Å². The Balaban J connectivity index is 1.52. The molecular weight excluding hydrogens is 318 g/mol. The van der Waals surface area contributed by atoms with Gasteiger partial charge in [-0.1, -0.05) is 42.5 Å². The minimum absolute atomic E-state index is 0.0627. The van der Waals surface area contributed by atoms with E-state index in [2.05, 4.69) is 17.4 Å². The van der Waals surface area contributed by atoms with Crippen LogP contribution in [0.2, 0.25) is 0 Å². The van der Waals surface area contributed by atoms with Crippen LogP contribution >= 0.6 is 0 Å². The number of nitro groups is 1. The standard InChI is InChI=1S/C19H21N3O3/c23-19-12-16(13-20-17-8-4-5-9-18(17)22(24)25)14-21(19)11-10-15-6-2-1-3-7-15/h1-9,16,20H,10-14H2. The summed E-state index contributed by atoms with van der Waals surface area (Å²) in [5, 5.41) is 14.2. The molecule has 3 rings (SSSR count). The number of hydrogen-bond acceptors (Lipinski definition) is 4. The minimum atomic E-state index is -0.395. The van der Waals surface area contributed by atoms with Gasteiger partial charge in [0.1, 0.15) is 5.69 Å². The molecule has 6 heteroatoms. The van der Waals surface area contributed by atoms with E-state index < -0.39 is 4.92 Å². The number of amides is 1. The predicted octanol–water partition coefficient (Wildman–Crippen LogP) is 3.10. The van der Waals surface area contributed by atoms with E-state index in [9.17, 15) is 14.9 Å². The number of hydrogen-bond donors (Lipinski definition) is 1. The van der Waals surface area contributed by atoms with Gasteiger partial charge in [0.15, 0.2) is 0 Å². The van der Waals surface area contributed by atoms with Gasteiger partial charge < -0.3 is 10.2 Å². The highest BCUT2D eigenvalue weighted by molar-refractivity contribution is 5.78. The molecule has 2 aromatic carbocycles. The minimum Gasteiger partial charge on any atom is -0.379 e. The molecule has 0 radical (unpaired) electrons. The van der Waals surface area contributed by atoms with Crippen molar-refractivity contribution >= 4 is 17.3 Å². The molecule has 1 heterocycles. The third kappa shape index (κ3) is 4.35. The van der Waals surface area contributed by atoms with Gasteiger partial charge in [0.05, 0.1) is 4.92 Å². The van der Waals surface area contributed by atoms with Crippen LogP contribution in [0.4, 0.5) is 11.4 Å². The fraction of sp³-hybridized carbons (Fsp3) is 0.316. The van der Waals surface area contributed by atoms with Crippen molar-refractivity contribution in [3.63, 3.8) is 0 Å². The molecule has 1 N–H and O–H groups in total. The zero-order chi connectivity index (χ0) is 17.6. The topological polar surface area (TPSA) is 75.5 Å². The molecule has 0 spiro atoms. The normalized spacial score (nSPS) is 16.9. The maximum absolute atomic E-state index is 12.2. The lowest BCUT2D eigenvalue weighted by Crippen LogP contribution is -2.28. The quantitative estimate of drug-likeness (QED) is 0.621. The van der Waals surface area contributed by atoms with Crippen molar-refractivity contribution in [3.05, 3.63) is 70.3 Å². The van der Waals surface area contributed by atoms with Gasteiger partial charge in [0, 0.05) is 38.0 Å². The number of likely N-dealkylation sites (tertiary alicyclic amines) is 1. The highest BCUT2D eigenvalue weighted by Gasteiger charge is 2.29. The van der Waals surface area contributed by atoms with Gasteiger partial charge in [0.25, 0.3) is 5.69 Å². The van der Waals surface area contributed by atoms with Crippen LogP contribution in [0.15, 0.2) is 54.6 Å². The highest BCUT2D eigenvalue weighted by atomic mass is 16.6. The Bertz CT molecular complexity index is 749. The number of para-hydroxylation sites is 2. The molecule has 1 saturated heterocycles. The Hall–Kier alpha value is -2.89. The molecule has 1 fully saturated rings. The van der Waals surface area contributed by atoms with Crippen molar-refractivity contribution in [2.24, 2.45) is 5.92 Å². The predicted molar refractivity (Wildman–Crippen MR) is 96.4 cm³/mol. The Labute approximate surface area is 146 Å². The summed E-state index contributed by atoms with van der Waals surface area (Å²) < 4.78 is 0. The van der Waals surface area contributed by atoms with Gasteiger partial charge in [-0.25, -0.2) is 0 Å². The largest absolute Gasteiger partial charge is 0.379 e. The Morgan fingerprint density at radius 3 is 2.60 bits per heavy atom. The molecule has 2 aromatic rings. The lowest BCUT2D eigenvalue weighted by molar-refractivity contribution is -0.384. The molecule has 0 saturated carbocycles. The number of nitrogens with zero attached hydrogens (tertiary/aromatic N) is 2. The van der Waals surface area contributed by atoms with E-state index in [1.165, 1.54) is 11.6 Å². The van der Waals surface area contributed by atoms with Crippen molar-refractivity contribution in [3.8, 4) is 0 Å². The van der Waals surface area contributed by atoms with E-state index in [1.807, 2.05) is 23.1 Å². The van der Waals surface area contributed by atoms with Gasteiger partial charge in [-0.3, -0.25) is 14.9 Å². The van der Waals surface area contributed by atoms with E-state index >= 15 is 0 Å². The second-order valence-corrected chi connectivity index (χ2v) is 6.30. The lowest BCUT2D eigenvalue weighted by Gasteiger charge is -2.17. The number of carbonyl (C=O) groups excluding carboxylic acids is 1. The van der Waals surface area contributed by atoms with Crippen LogP contribution in [0, 0.1) is 16.0 Å². The molecule has 1 aliphatic rings. The summed E-state index contributed by atoms with van der Waals surface area (Å²) in [5.74, 6) is 0.327. The SMILES string of the molecule is O=C1CC(CNc2ccccc2[N+](=O)[O-])CN1CCc1ccccc1. The number of rotatable bonds is 7. The van der Waals surface area contributed by atoms with Gasteiger partial charge >= 0.3 is 0 Å². The molecule has 1 aliphatic heterocycles. The van der Waals surface area contributed by atoms with Crippen LogP contribution < -0.4 is 5.32 Å². The summed E-state index contributed by atoms with van der Waals surface area (Å²) in [7, 11) is 0. The number of anilines is 1. The van der Waals surface area contributed by atoms with Crippen LogP contribution in [-0.2, 0) is 11.2 Å². The van der Waals surface area contributed by atoms with Gasteiger partial charge in [-0.05, 0) is 18.1 Å². The van der Waals surface area contributed by atoms with Crippen molar-refractivity contribution in [1.82, 2.24) is 4.90 Å². The zero-order valence-corrected chi connectivity index (χ0v) is 13.9. The first-order valence-electron chi connectivity index (χ1n) is 8.42. The summed E-state index contributed by atoms with van der Waals surface area (Å²) in [6, 6.07) is 16.7. The average Bonchev–Trinajstić information content (AvgIpc) is 2.99. The van der Waals surface area contributed by atoms with E-state index in [0.717, 1.165) is 6.42 Å². The van der Waals surface area contributed by atoms with E-state index in [-0.39, 0.29) is 17.5 Å². The molecule has 130 valence electrons. The summed E-state index contributed by atoms with van der Waals surface area (Å²) in [6.45, 7) is 1.96. The molecule has 1 unspecified atom stereocenters. The number of nitro benzene ring substituents is 1. The highest BCUT2D eigenvalue weighted by Crippen LogP contribution is 2.25. The molecule has 1 atom stereocenters. The second kappa shape index (κ2) is 7.79. The Kier molecular flexibility index (Phi) is 5.28. The van der Waals surface area contributed by atoms with E-state index in [4.69, 9.17) is 0 Å². The summed E-state index contributed by atoms with van der Waals surface area (Å²) in [6.07, 6.45) is 1.33. The molecule has 0 aliphatic carbocycles. The molecule has 6 nitrogen and oxygen atoms in total. The zero-order valence-electron chi connectivity index (χ0n) is 13.9. The Morgan fingerprint density at radius 2 is 1.84 bits per heavy atom. The van der Waals surface area contributed by atoms with Crippen molar-refractivity contribution in [2.45, 2.75) is 12.8 Å². The first-order valence-corrected chi connectivity index (χ1v) is 8.42. The van der Waals surface area contributed by atoms with Crippen LogP contribution in [0.25, 0.3) is 0 Å². The van der Waals surface area contributed by atoms with E-state index in [0.29, 0.717) is 31.7 Å². The second-order valence-electron chi connectivity index (χ2n) is 6.30. The fourth-order valence-electron chi connectivity index (χ4n) is 3.15.